The van der Waals surface area contributed by atoms with Gasteiger partial charge in [0.1, 0.15) is 79.4 Å². The minimum Gasteiger partial charge on any atom is -0.396 e. The van der Waals surface area contributed by atoms with Crippen LogP contribution in [0, 0.1) is 58.2 Å². The third-order valence-electron chi connectivity index (χ3n) is 20.6. The van der Waals surface area contributed by atoms with Gasteiger partial charge in [0, 0.05) is 24.9 Å². The summed E-state index contributed by atoms with van der Waals surface area (Å²) in [5.41, 5.74) is 0.000804. The first kappa shape index (κ1) is 55.4. The van der Waals surface area contributed by atoms with Gasteiger partial charge in [-0.25, -0.2) is 0 Å². The minimum absolute atomic E-state index is 0.0665. The SMILES string of the molecule is CC1CC[C@@]2(OC1)OC1CC3C4CC[C@H]5C[C@@H](O[C@@H]6C[C@H](CO)[C@H](O[C@@H]7O[C@H](CO)[C@@H](O)[C@H](O[C@@H]8OC[C@@H](O)[C@H](O)[C@@H]8O)[C@H]7O[C@@H]7O[C@H](CO)[C@@H](O)[C@H](O)[C@H]7O)[C@H](O)[C@H]6O)[C@H](O)C[C@]5(C)C4CC[C@]3(C)C1C2C. The van der Waals surface area contributed by atoms with Crippen LogP contribution in [0.4, 0.5) is 0 Å². The van der Waals surface area contributed by atoms with Gasteiger partial charge in [-0.3, -0.25) is 0 Å². The molecular weight excluding hydrogens is 965 g/mol. The predicted molar refractivity (Wildman–Crippen MR) is 247 cm³/mol. The average Bonchev–Trinajstić information content (AvgIpc) is 3.82. The fraction of sp³-hybridized carbons (Fsp3) is 1.00. The minimum atomic E-state index is -1.99. The molecule has 5 saturated heterocycles. The van der Waals surface area contributed by atoms with Crippen LogP contribution in [0.2, 0.25) is 0 Å². The van der Waals surface area contributed by atoms with Crippen molar-refractivity contribution < 1.29 is 109 Å². The topological polar surface area (TPSA) is 346 Å². The van der Waals surface area contributed by atoms with Gasteiger partial charge >= 0.3 is 0 Å². The number of aliphatic hydroxyl groups is 13. The summed E-state index contributed by atoms with van der Waals surface area (Å²) in [4.78, 5) is 0. The molecule has 0 amide bonds. The van der Waals surface area contributed by atoms with Gasteiger partial charge in [0.25, 0.3) is 0 Å². The van der Waals surface area contributed by atoms with Crippen molar-refractivity contribution in [2.45, 2.75) is 226 Å². The van der Waals surface area contributed by atoms with Gasteiger partial charge in [-0.1, -0.05) is 27.7 Å². The van der Waals surface area contributed by atoms with Crippen LogP contribution >= 0.6 is 0 Å². The maximum absolute atomic E-state index is 12.0. The normalized spacial score (nSPS) is 58.2. The van der Waals surface area contributed by atoms with E-state index in [1.807, 2.05) is 0 Å². The first-order valence-electron chi connectivity index (χ1n) is 27.2. The van der Waals surface area contributed by atoms with Crippen LogP contribution in [0.3, 0.4) is 0 Å². The van der Waals surface area contributed by atoms with E-state index in [-0.39, 0.29) is 29.3 Å². The third kappa shape index (κ3) is 9.50. The number of rotatable bonds is 11. The molecule has 10 aliphatic rings. The van der Waals surface area contributed by atoms with Gasteiger partial charge in [0.2, 0.25) is 0 Å². The summed E-state index contributed by atoms with van der Waals surface area (Å²) < 4.78 is 55.5. The molecule has 0 bridgehead atoms. The monoisotopic (exact) mass is 1050 g/mol. The first-order valence-corrected chi connectivity index (χ1v) is 27.2. The zero-order chi connectivity index (χ0) is 52.2. The molecule has 0 aromatic carbocycles. The molecule has 7 unspecified atom stereocenters. The molecule has 1 spiro atoms. The largest absolute Gasteiger partial charge is 0.396 e. The molecule has 73 heavy (non-hydrogen) atoms. The van der Waals surface area contributed by atoms with Crippen molar-refractivity contribution in [2.75, 3.05) is 33.0 Å². The molecule has 0 aromatic heterocycles. The smallest absolute Gasteiger partial charge is 0.187 e. The second-order valence-electron chi connectivity index (χ2n) is 24.5. The maximum Gasteiger partial charge on any atom is 0.187 e. The summed E-state index contributed by atoms with van der Waals surface area (Å²) in [6.45, 7) is 7.38. The van der Waals surface area contributed by atoms with E-state index < -0.39 is 161 Å². The molecule has 13 N–H and O–H groups in total. The Labute approximate surface area is 425 Å². The van der Waals surface area contributed by atoms with Gasteiger partial charge in [-0.2, -0.15) is 0 Å². The molecule has 5 aliphatic heterocycles. The van der Waals surface area contributed by atoms with E-state index in [9.17, 15) is 66.4 Å². The Morgan fingerprint density at radius 1 is 0.534 bits per heavy atom. The molecule has 22 nitrogen and oxygen atoms in total. The molecular formula is C51H84O22. The molecule has 420 valence electrons. The quantitative estimate of drug-likeness (QED) is 0.101. The summed E-state index contributed by atoms with van der Waals surface area (Å²) in [5.74, 6) is 1.54. The Kier molecular flexibility index (Phi) is 16.2. The summed E-state index contributed by atoms with van der Waals surface area (Å²) in [6, 6.07) is 0. The number of hydrogen-bond donors (Lipinski definition) is 13. The van der Waals surface area contributed by atoms with E-state index in [1.165, 1.54) is 0 Å². The van der Waals surface area contributed by atoms with E-state index >= 15 is 0 Å². The summed E-state index contributed by atoms with van der Waals surface area (Å²) in [7, 11) is 0. The van der Waals surface area contributed by atoms with Gasteiger partial charge < -0.3 is 109 Å². The number of ether oxygens (including phenoxy) is 9. The van der Waals surface area contributed by atoms with Crippen molar-refractivity contribution in [3.8, 4) is 0 Å². The second-order valence-corrected chi connectivity index (χ2v) is 24.5. The van der Waals surface area contributed by atoms with E-state index in [4.69, 9.17) is 42.6 Å². The fourth-order valence-electron chi connectivity index (χ4n) is 16.4. The second kappa shape index (κ2) is 21.3. The van der Waals surface area contributed by atoms with Gasteiger partial charge in [0.05, 0.1) is 56.9 Å². The molecule has 5 aliphatic carbocycles. The zero-order valence-corrected chi connectivity index (χ0v) is 42.3. The zero-order valence-electron chi connectivity index (χ0n) is 42.3. The molecule has 0 aromatic rings. The Balaban J connectivity index is 0.824. The maximum atomic E-state index is 12.0. The Hall–Kier alpha value is -0.880. The first-order chi connectivity index (χ1) is 34.7. The van der Waals surface area contributed by atoms with E-state index in [0.717, 1.165) is 51.6 Å². The highest BCUT2D eigenvalue weighted by atomic mass is 16.8. The number of fused-ring (bicyclic) bond motifs is 7. The molecule has 5 saturated carbocycles. The summed E-state index contributed by atoms with van der Waals surface area (Å²) in [6.07, 6.45) is -23.8. The summed E-state index contributed by atoms with van der Waals surface area (Å²) in [5, 5.41) is 142. The highest BCUT2D eigenvalue weighted by molar-refractivity contribution is 5.16. The van der Waals surface area contributed by atoms with Crippen molar-refractivity contribution in [3.05, 3.63) is 0 Å². The molecule has 32 atom stereocenters. The molecule has 10 fully saturated rings. The van der Waals surface area contributed by atoms with Crippen molar-refractivity contribution >= 4 is 0 Å². The predicted octanol–water partition coefficient (Wildman–Crippen LogP) is -2.64. The Morgan fingerprint density at radius 2 is 1.22 bits per heavy atom. The highest BCUT2D eigenvalue weighted by Gasteiger charge is 2.70. The van der Waals surface area contributed by atoms with Gasteiger partial charge in [-0.05, 0) is 104 Å². The summed E-state index contributed by atoms with van der Waals surface area (Å²) >= 11 is 0. The van der Waals surface area contributed by atoms with Crippen LogP contribution in [0.5, 0.6) is 0 Å². The molecule has 22 heteroatoms. The van der Waals surface area contributed by atoms with Gasteiger partial charge in [0.15, 0.2) is 24.7 Å². The van der Waals surface area contributed by atoms with Crippen LogP contribution in [0.15, 0.2) is 0 Å². The Bertz CT molecular complexity index is 1860. The van der Waals surface area contributed by atoms with Crippen LogP contribution in [-0.4, -0.2) is 234 Å². The fourth-order valence-corrected chi connectivity index (χ4v) is 16.4. The van der Waals surface area contributed by atoms with Crippen LogP contribution < -0.4 is 0 Å². The molecule has 5 heterocycles. The van der Waals surface area contributed by atoms with Gasteiger partial charge in [-0.15, -0.1) is 0 Å². The standard InChI is InChI=1S/C51H84O22/c1-20-7-10-51(66-18-20)21(2)34-30(73-51)13-26-24-6-5-23-12-29(27(55)14-50(23,4)25(24)8-9-49(26,34)3)67-31-11-22(15-52)43(40(62)36(31)58)70-48-45(72-47-42(64)39(61)37(59)32(16-53)68-47)44(38(60)33(17-54)69-48)71-46-41(63)35(57)28(56)19-65-46/h20-48,52-64H,5-19H2,1-4H3/t20?,21?,22-,23+,24?,25?,26?,27-,28-,29-,30?,31-,32-,33-,34?,35+,36+,37-,38-,39+,40-,41+,42-,43+,44+,45-,46+,47+,48+,49+,50+,51-/m1/s1. The lowest BCUT2D eigenvalue weighted by molar-refractivity contribution is -0.396. The van der Waals surface area contributed by atoms with Crippen molar-refractivity contribution in [2.24, 2.45) is 58.2 Å². The van der Waals surface area contributed by atoms with E-state index in [1.54, 1.807) is 0 Å². The number of hydrogen-bond acceptors (Lipinski definition) is 22. The average molecular weight is 1050 g/mol. The van der Waals surface area contributed by atoms with Crippen molar-refractivity contribution in [1.29, 1.82) is 0 Å². The lowest BCUT2D eigenvalue weighted by Gasteiger charge is -2.62. The highest BCUT2D eigenvalue weighted by Crippen LogP contribution is 2.71. The van der Waals surface area contributed by atoms with Crippen molar-refractivity contribution in [3.63, 3.8) is 0 Å². The molecule has 0 radical (unpaired) electrons. The van der Waals surface area contributed by atoms with E-state index in [2.05, 4.69) is 27.7 Å². The third-order valence-corrected chi connectivity index (χ3v) is 20.6. The lowest BCUT2D eigenvalue weighted by atomic mass is 9.44. The van der Waals surface area contributed by atoms with Crippen LogP contribution in [0.25, 0.3) is 0 Å². The number of aliphatic hydroxyl groups excluding tert-OH is 13. The van der Waals surface area contributed by atoms with E-state index in [0.29, 0.717) is 48.3 Å². The van der Waals surface area contributed by atoms with Crippen LogP contribution in [0.1, 0.15) is 91.9 Å². The van der Waals surface area contributed by atoms with Crippen molar-refractivity contribution in [1.82, 2.24) is 0 Å². The van der Waals surface area contributed by atoms with Crippen LogP contribution in [-0.2, 0) is 42.6 Å². The lowest BCUT2D eigenvalue weighted by Crippen LogP contribution is -2.68. The molecule has 10 rings (SSSR count). The Morgan fingerprint density at radius 3 is 1.92 bits per heavy atom.